The van der Waals surface area contributed by atoms with Gasteiger partial charge in [-0.25, -0.2) is 14.2 Å². The first-order chi connectivity index (χ1) is 10.6. The van der Waals surface area contributed by atoms with Crippen molar-refractivity contribution in [2.24, 2.45) is 5.92 Å². The first-order valence-corrected chi connectivity index (χ1v) is 7.62. The smallest absolute Gasteiger partial charge is 0.347 e. The van der Waals surface area contributed by atoms with Gasteiger partial charge in [0.1, 0.15) is 5.82 Å². The predicted octanol–water partition coefficient (Wildman–Crippen LogP) is 1.55. The number of pyridine rings is 1. The molecule has 0 amide bonds. The summed E-state index contributed by atoms with van der Waals surface area (Å²) in [4.78, 5) is 23.9. The summed E-state index contributed by atoms with van der Waals surface area (Å²) >= 11 is 12.0. The predicted molar refractivity (Wildman–Crippen MR) is 80.2 cm³/mol. The van der Waals surface area contributed by atoms with Gasteiger partial charge in [-0.2, -0.15) is 4.98 Å². The molecule has 2 aromatic heterocycles. The lowest BCUT2D eigenvalue weighted by atomic mass is 10.2. The van der Waals surface area contributed by atoms with Crippen LogP contribution in [0.3, 0.4) is 0 Å². The minimum absolute atomic E-state index is 0.00323. The Hall–Kier alpha value is -1.44. The maximum absolute atomic E-state index is 14.1. The topological polar surface area (TPSA) is 71.1 Å². The molecule has 0 bridgehead atoms. The molecule has 1 aliphatic carbocycles. The van der Waals surface area contributed by atoms with Crippen LogP contribution in [-0.4, -0.2) is 46.1 Å². The lowest BCUT2D eigenvalue weighted by Gasteiger charge is -2.23. The fraction of sp³-hybridized carbons (Fsp3) is 0.462. The van der Waals surface area contributed by atoms with Crippen LogP contribution in [0, 0.1) is 11.7 Å². The number of nitrogens with zero attached hydrogens (tertiary/aromatic N) is 3. The zero-order valence-electron chi connectivity index (χ0n) is 11.2. The minimum atomic E-state index is -0.763. The van der Waals surface area contributed by atoms with Gasteiger partial charge in [-0.05, 0) is 0 Å². The van der Waals surface area contributed by atoms with Crippen molar-refractivity contribution in [3.05, 3.63) is 27.7 Å². The lowest BCUT2D eigenvalue weighted by molar-refractivity contribution is 0.139. The maximum Gasteiger partial charge on any atom is 0.347 e. The fourth-order valence-corrected chi connectivity index (χ4v) is 3.56. The third-order valence-corrected chi connectivity index (χ3v) is 4.95. The minimum Gasteiger partial charge on any atom is -0.379 e. The Balaban J connectivity index is 1.91. The van der Waals surface area contributed by atoms with Crippen LogP contribution in [0.15, 0.2) is 11.0 Å². The number of hydrogen-bond donors (Lipinski definition) is 1. The third-order valence-electron chi connectivity index (χ3n) is 4.11. The number of aromatic amines is 1. The van der Waals surface area contributed by atoms with Crippen molar-refractivity contribution in [2.75, 3.05) is 24.7 Å². The van der Waals surface area contributed by atoms with E-state index in [1.54, 1.807) is 0 Å². The number of hydrogen-bond acceptors (Lipinski definition) is 5. The van der Waals surface area contributed by atoms with Crippen molar-refractivity contribution in [1.29, 1.82) is 0 Å². The van der Waals surface area contributed by atoms with Crippen LogP contribution in [0.5, 0.6) is 0 Å². The molecule has 9 heteroatoms. The van der Waals surface area contributed by atoms with Gasteiger partial charge in [0.05, 0.1) is 35.5 Å². The SMILES string of the molecule is O=c1nc(N2CCOC[C@@H]3C(Cl)[C@@H]32)c2cnc(Cl)c(F)c2[nH]1. The van der Waals surface area contributed by atoms with Crippen LogP contribution in [0.25, 0.3) is 10.9 Å². The molecule has 6 nitrogen and oxygen atoms in total. The van der Waals surface area contributed by atoms with Crippen LogP contribution >= 0.6 is 23.2 Å². The van der Waals surface area contributed by atoms with E-state index in [2.05, 4.69) is 15.0 Å². The maximum atomic E-state index is 14.1. The molecule has 0 spiro atoms. The Morgan fingerprint density at radius 2 is 2.32 bits per heavy atom. The number of H-pyrrole nitrogens is 1. The lowest BCUT2D eigenvalue weighted by Crippen LogP contribution is -2.33. The summed E-state index contributed by atoms with van der Waals surface area (Å²) in [6.07, 6.45) is 1.41. The van der Waals surface area contributed by atoms with Gasteiger partial charge < -0.3 is 14.6 Å². The molecule has 3 atom stereocenters. The van der Waals surface area contributed by atoms with E-state index >= 15 is 0 Å². The highest BCUT2D eigenvalue weighted by Gasteiger charge is 2.54. The van der Waals surface area contributed by atoms with Crippen LogP contribution in [0.1, 0.15) is 0 Å². The number of nitrogens with one attached hydrogen (secondary N) is 1. The molecular formula is C13H11Cl2FN4O2. The first-order valence-electron chi connectivity index (χ1n) is 6.80. The highest BCUT2D eigenvalue weighted by atomic mass is 35.5. The van der Waals surface area contributed by atoms with Gasteiger partial charge in [-0.1, -0.05) is 11.6 Å². The molecule has 22 heavy (non-hydrogen) atoms. The second-order valence-electron chi connectivity index (χ2n) is 5.38. The number of aromatic nitrogens is 3. The van der Waals surface area contributed by atoms with Gasteiger partial charge in [-0.3, -0.25) is 0 Å². The third kappa shape index (κ3) is 2.07. The van der Waals surface area contributed by atoms with E-state index < -0.39 is 11.5 Å². The zero-order chi connectivity index (χ0) is 15.4. The highest BCUT2D eigenvalue weighted by molar-refractivity contribution is 6.30. The number of halogens is 3. The van der Waals surface area contributed by atoms with E-state index in [-0.39, 0.29) is 28.0 Å². The number of rotatable bonds is 1. The zero-order valence-corrected chi connectivity index (χ0v) is 12.7. The average Bonchev–Trinajstić information content (AvgIpc) is 3.18. The van der Waals surface area contributed by atoms with E-state index in [9.17, 15) is 9.18 Å². The molecule has 3 heterocycles. The average molecular weight is 345 g/mol. The first kappa shape index (κ1) is 14.2. The molecule has 4 rings (SSSR count). The van der Waals surface area contributed by atoms with Gasteiger partial charge >= 0.3 is 5.69 Å². The molecule has 2 fully saturated rings. The monoisotopic (exact) mass is 344 g/mol. The van der Waals surface area contributed by atoms with Crippen molar-refractivity contribution in [1.82, 2.24) is 15.0 Å². The molecular weight excluding hydrogens is 334 g/mol. The van der Waals surface area contributed by atoms with Gasteiger partial charge in [-0.15, -0.1) is 11.6 Å². The Bertz CT molecular complexity index is 814. The van der Waals surface area contributed by atoms with E-state index in [1.807, 2.05) is 4.90 Å². The molecule has 116 valence electrons. The second kappa shape index (κ2) is 5.04. The van der Waals surface area contributed by atoms with E-state index in [0.29, 0.717) is 31.0 Å². The van der Waals surface area contributed by atoms with Crippen LogP contribution in [0.2, 0.25) is 5.15 Å². The second-order valence-corrected chi connectivity index (χ2v) is 6.25. The summed E-state index contributed by atoms with van der Waals surface area (Å²) in [5.41, 5.74) is -0.638. The van der Waals surface area contributed by atoms with Gasteiger partial charge in [0.15, 0.2) is 11.0 Å². The normalized spacial score (nSPS) is 27.6. The molecule has 0 radical (unpaired) electrons. The van der Waals surface area contributed by atoms with Crippen molar-refractivity contribution in [3.63, 3.8) is 0 Å². The molecule has 1 saturated carbocycles. The number of fused-ring (bicyclic) bond motifs is 2. The number of ether oxygens (including phenoxy) is 1. The van der Waals surface area contributed by atoms with Crippen LogP contribution in [-0.2, 0) is 4.74 Å². The molecule has 2 aliphatic rings. The molecule has 1 unspecified atom stereocenters. The Labute approximate surface area is 134 Å². The van der Waals surface area contributed by atoms with Crippen molar-refractivity contribution in [3.8, 4) is 0 Å². The van der Waals surface area contributed by atoms with E-state index in [1.165, 1.54) is 6.20 Å². The summed E-state index contributed by atoms with van der Waals surface area (Å²) in [6, 6.07) is 0.0282. The summed E-state index contributed by atoms with van der Waals surface area (Å²) in [6.45, 7) is 1.60. The van der Waals surface area contributed by atoms with Gasteiger partial charge in [0.2, 0.25) is 0 Å². The number of anilines is 1. The largest absolute Gasteiger partial charge is 0.379 e. The van der Waals surface area contributed by atoms with Crippen molar-refractivity contribution in [2.45, 2.75) is 11.4 Å². The van der Waals surface area contributed by atoms with Crippen molar-refractivity contribution >= 4 is 39.9 Å². The molecule has 1 N–H and O–H groups in total. The highest BCUT2D eigenvalue weighted by Crippen LogP contribution is 2.45. The van der Waals surface area contributed by atoms with Gasteiger partial charge in [0.25, 0.3) is 0 Å². The van der Waals surface area contributed by atoms with E-state index in [4.69, 9.17) is 27.9 Å². The Kier molecular flexibility index (Phi) is 3.25. The summed E-state index contributed by atoms with van der Waals surface area (Å²) < 4.78 is 19.6. The van der Waals surface area contributed by atoms with E-state index in [0.717, 1.165) is 0 Å². The van der Waals surface area contributed by atoms with Gasteiger partial charge in [0, 0.05) is 18.7 Å². The molecule has 2 aromatic rings. The quantitative estimate of drug-likeness (QED) is 0.627. The summed E-state index contributed by atoms with van der Waals surface area (Å²) in [5, 5.41) is 0.0403. The van der Waals surface area contributed by atoms with Crippen molar-refractivity contribution < 1.29 is 9.13 Å². The Morgan fingerprint density at radius 1 is 1.50 bits per heavy atom. The van der Waals surface area contributed by atoms with Crippen LogP contribution < -0.4 is 10.6 Å². The summed E-state index contributed by atoms with van der Waals surface area (Å²) in [5.74, 6) is -0.211. The molecule has 1 aliphatic heterocycles. The Morgan fingerprint density at radius 3 is 3.14 bits per heavy atom. The van der Waals surface area contributed by atoms with Crippen LogP contribution in [0.4, 0.5) is 10.2 Å². The fourth-order valence-electron chi connectivity index (χ4n) is 2.95. The molecule has 0 aromatic carbocycles. The standard InChI is InChI=1S/C13H11Cl2FN4O2/c14-7-6-4-22-2-1-20(10(6)7)12-5-3-17-11(15)8(16)9(5)18-13(21)19-12/h3,6-7,10H,1-2,4H2,(H,18,19,21)/t6-,7?,10-/m1/s1. The summed E-state index contributed by atoms with van der Waals surface area (Å²) in [7, 11) is 0. The number of alkyl halides is 1. The molecule has 1 saturated heterocycles.